The fraction of sp³-hybridized carbons (Fsp3) is 0.136. The Morgan fingerprint density at radius 1 is 1.06 bits per heavy atom. The first kappa shape index (κ1) is 21.4. The molecule has 2 heterocycles. The highest BCUT2D eigenvalue weighted by molar-refractivity contribution is 7.12. The van der Waals surface area contributed by atoms with E-state index in [1.54, 1.807) is 39.3 Å². The highest BCUT2D eigenvalue weighted by Crippen LogP contribution is 2.33. The van der Waals surface area contributed by atoms with Gasteiger partial charge in [0.15, 0.2) is 11.5 Å². The zero-order valence-electron chi connectivity index (χ0n) is 17.3. The molecule has 0 fully saturated rings. The summed E-state index contributed by atoms with van der Waals surface area (Å²) in [6.07, 6.45) is 0. The van der Waals surface area contributed by atoms with E-state index in [-0.39, 0.29) is 5.82 Å². The number of methoxy groups -OCH3 is 2. The summed E-state index contributed by atoms with van der Waals surface area (Å²) >= 11 is 1.30. The second-order valence-corrected chi connectivity index (χ2v) is 7.56. The molecule has 1 N–H and O–H groups in total. The number of halogens is 2. The van der Waals surface area contributed by atoms with E-state index >= 15 is 0 Å². The smallest absolute Gasteiger partial charge is 0.262 e. The van der Waals surface area contributed by atoms with E-state index in [0.29, 0.717) is 28.0 Å². The second-order valence-electron chi connectivity index (χ2n) is 6.72. The van der Waals surface area contributed by atoms with Crippen LogP contribution >= 0.6 is 11.3 Å². The summed E-state index contributed by atoms with van der Waals surface area (Å²) in [5.41, 5.74) is 1.39. The number of nitrogens with zero attached hydrogens (tertiary/aromatic N) is 3. The monoisotopic (exact) mass is 456 g/mol. The molecular formula is C22H18F2N4O3S. The maximum Gasteiger partial charge on any atom is 0.262 e. The summed E-state index contributed by atoms with van der Waals surface area (Å²) in [6.45, 7) is 1.73. The molecule has 0 aliphatic heterocycles. The Morgan fingerprint density at radius 3 is 2.47 bits per heavy atom. The number of aryl methyl sites for hydroxylation is 1. The first-order chi connectivity index (χ1) is 15.4. The number of anilines is 1. The van der Waals surface area contributed by atoms with Crippen LogP contribution in [0.25, 0.3) is 16.4 Å². The number of carbonyl (C=O) groups excluding carboxylic acids is 1. The Bertz CT molecular complexity index is 1280. The van der Waals surface area contributed by atoms with E-state index in [2.05, 4.69) is 15.4 Å². The largest absolute Gasteiger partial charge is 0.493 e. The zero-order chi connectivity index (χ0) is 22.8. The van der Waals surface area contributed by atoms with Crippen molar-refractivity contribution >= 4 is 23.1 Å². The minimum absolute atomic E-state index is 0.239. The summed E-state index contributed by atoms with van der Waals surface area (Å²) in [6, 6.07) is 10.3. The number of benzene rings is 2. The van der Waals surface area contributed by atoms with Crippen LogP contribution in [0.1, 0.15) is 16.1 Å². The lowest BCUT2D eigenvalue weighted by atomic mass is 10.1. The van der Waals surface area contributed by atoms with Gasteiger partial charge in [0.1, 0.15) is 23.0 Å². The molecule has 0 saturated heterocycles. The van der Waals surface area contributed by atoms with Gasteiger partial charge in [0, 0.05) is 17.0 Å². The SMILES string of the molecule is COc1ccc(-c2csc(-n3nc(C)cc3NC(=O)c3c(F)cccc3F)n2)cc1OC. The molecule has 2 aromatic heterocycles. The van der Waals surface area contributed by atoms with Crippen molar-refractivity contribution in [2.45, 2.75) is 6.92 Å². The van der Waals surface area contributed by atoms with E-state index in [1.165, 1.54) is 22.1 Å². The Labute approximate surface area is 186 Å². The van der Waals surface area contributed by atoms with E-state index in [4.69, 9.17) is 9.47 Å². The highest BCUT2D eigenvalue weighted by atomic mass is 32.1. The second kappa shape index (κ2) is 8.75. The van der Waals surface area contributed by atoms with Gasteiger partial charge < -0.3 is 14.8 Å². The lowest BCUT2D eigenvalue weighted by Gasteiger charge is -2.09. The molecule has 0 saturated carbocycles. The van der Waals surface area contributed by atoms with Crippen LogP contribution in [0.4, 0.5) is 14.6 Å². The molecule has 7 nitrogen and oxygen atoms in total. The predicted octanol–water partition coefficient (Wildman–Crippen LogP) is 4.85. The standard InChI is InChI=1S/C22H18F2N4O3S/c1-12-9-19(26-21(29)20-14(23)5-4-6-15(20)24)28(27-12)22-25-16(11-32-22)13-7-8-17(30-2)18(10-13)31-3/h4-11H,1-3H3,(H,26,29). The van der Waals surface area contributed by atoms with Gasteiger partial charge in [-0.1, -0.05) is 6.07 Å². The van der Waals surface area contributed by atoms with Crippen LogP contribution in [0, 0.1) is 18.6 Å². The Hall–Kier alpha value is -3.79. The van der Waals surface area contributed by atoms with Crippen molar-refractivity contribution in [2.75, 3.05) is 19.5 Å². The van der Waals surface area contributed by atoms with Crippen LogP contribution in [-0.2, 0) is 0 Å². The van der Waals surface area contributed by atoms with Crippen molar-refractivity contribution in [2.24, 2.45) is 0 Å². The lowest BCUT2D eigenvalue weighted by molar-refractivity contribution is 0.101. The maximum absolute atomic E-state index is 14.0. The maximum atomic E-state index is 14.0. The van der Waals surface area contributed by atoms with Gasteiger partial charge in [-0.05, 0) is 37.3 Å². The first-order valence-corrected chi connectivity index (χ1v) is 10.3. The molecule has 1 amide bonds. The third kappa shape index (κ3) is 4.04. The van der Waals surface area contributed by atoms with Crippen molar-refractivity contribution in [3.8, 4) is 27.9 Å². The summed E-state index contributed by atoms with van der Waals surface area (Å²) in [5, 5.41) is 9.17. The van der Waals surface area contributed by atoms with Crippen molar-refractivity contribution in [3.63, 3.8) is 0 Å². The molecule has 32 heavy (non-hydrogen) atoms. The first-order valence-electron chi connectivity index (χ1n) is 9.41. The number of aromatic nitrogens is 3. The third-order valence-electron chi connectivity index (χ3n) is 4.62. The molecule has 0 aliphatic rings. The number of amides is 1. The number of hydrogen-bond donors (Lipinski definition) is 1. The topological polar surface area (TPSA) is 78.3 Å². The van der Waals surface area contributed by atoms with E-state index in [9.17, 15) is 13.6 Å². The minimum atomic E-state index is -0.949. The molecule has 164 valence electrons. The van der Waals surface area contributed by atoms with E-state index in [1.807, 2.05) is 11.4 Å². The minimum Gasteiger partial charge on any atom is -0.493 e. The number of rotatable bonds is 6. The van der Waals surface area contributed by atoms with E-state index in [0.717, 1.165) is 17.7 Å². The van der Waals surface area contributed by atoms with Gasteiger partial charge in [0.25, 0.3) is 5.91 Å². The Balaban J connectivity index is 1.66. The quantitative estimate of drug-likeness (QED) is 0.449. The molecule has 10 heteroatoms. The van der Waals surface area contributed by atoms with Crippen LogP contribution in [0.15, 0.2) is 47.8 Å². The molecule has 0 spiro atoms. The average molecular weight is 456 g/mol. The molecule has 0 aliphatic carbocycles. The molecule has 4 rings (SSSR count). The number of ether oxygens (including phenoxy) is 2. The third-order valence-corrected chi connectivity index (χ3v) is 5.43. The summed E-state index contributed by atoms with van der Waals surface area (Å²) < 4.78 is 40.0. The molecule has 4 aromatic rings. The van der Waals surface area contributed by atoms with Crippen LogP contribution < -0.4 is 14.8 Å². The molecule has 0 bridgehead atoms. The molecule has 0 atom stereocenters. The summed E-state index contributed by atoms with van der Waals surface area (Å²) in [4.78, 5) is 17.1. The van der Waals surface area contributed by atoms with Crippen molar-refractivity contribution < 1.29 is 23.0 Å². The average Bonchev–Trinajstić information content (AvgIpc) is 3.39. The normalized spacial score (nSPS) is 10.8. The fourth-order valence-electron chi connectivity index (χ4n) is 3.12. The number of hydrogen-bond acceptors (Lipinski definition) is 6. The predicted molar refractivity (Wildman–Crippen MR) is 117 cm³/mol. The van der Waals surface area contributed by atoms with Gasteiger partial charge in [0.05, 0.1) is 25.6 Å². The van der Waals surface area contributed by atoms with Crippen molar-refractivity contribution in [1.29, 1.82) is 0 Å². The van der Waals surface area contributed by atoms with Crippen LogP contribution in [0.5, 0.6) is 11.5 Å². The van der Waals surface area contributed by atoms with Crippen LogP contribution in [0.2, 0.25) is 0 Å². The van der Waals surface area contributed by atoms with Gasteiger partial charge in [-0.2, -0.15) is 9.78 Å². The van der Waals surface area contributed by atoms with Gasteiger partial charge in [0.2, 0.25) is 5.13 Å². The Morgan fingerprint density at radius 2 is 1.78 bits per heavy atom. The van der Waals surface area contributed by atoms with Gasteiger partial charge in [-0.25, -0.2) is 13.8 Å². The molecular weight excluding hydrogens is 438 g/mol. The Kier molecular flexibility index (Phi) is 5.87. The van der Waals surface area contributed by atoms with Gasteiger partial charge in [-0.15, -0.1) is 11.3 Å². The molecule has 2 aromatic carbocycles. The van der Waals surface area contributed by atoms with Crippen molar-refractivity contribution in [3.05, 3.63) is 70.7 Å². The van der Waals surface area contributed by atoms with Crippen LogP contribution in [0.3, 0.4) is 0 Å². The van der Waals surface area contributed by atoms with Gasteiger partial charge in [-0.3, -0.25) is 4.79 Å². The zero-order valence-corrected chi connectivity index (χ0v) is 18.2. The number of carbonyl (C=O) groups is 1. The van der Waals surface area contributed by atoms with Crippen molar-refractivity contribution in [1.82, 2.24) is 14.8 Å². The van der Waals surface area contributed by atoms with Gasteiger partial charge >= 0.3 is 0 Å². The van der Waals surface area contributed by atoms with E-state index < -0.39 is 23.1 Å². The van der Waals surface area contributed by atoms with Crippen LogP contribution in [-0.4, -0.2) is 34.9 Å². The molecule has 0 unspecified atom stereocenters. The molecule has 0 radical (unpaired) electrons. The highest BCUT2D eigenvalue weighted by Gasteiger charge is 2.20. The number of thiazole rings is 1. The fourth-order valence-corrected chi connectivity index (χ4v) is 3.91. The summed E-state index contributed by atoms with van der Waals surface area (Å²) in [7, 11) is 3.11. The summed E-state index contributed by atoms with van der Waals surface area (Å²) in [5.74, 6) is -1.42. The number of nitrogens with one attached hydrogen (secondary N) is 1. The lowest BCUT2D eigenvalue weighted by Crippen LogP contribution is -2.18.